The lowest BCUT2D eigenvalue weighted by Crippen LogP contribution is -2.30. The molecular formula is C14H16BrF3N2O. The first kappa shape index (κ1) is 16.3. The van der Waals surface area contributed by atoms with Crippen molar-refractivity contribution in [3.05, 3.63) is 28.2 Å². The molecule has 1 amide bonds. The zero-order valence-electron chi connectivity index (χ0n) is 11.3. The normalized spacial score (nSPS) is 16.8. The molecule has 116 valence electrons. The van der Waals surface area contributed by atoms with Crippen LogP contribution in [0.15, 0.2) is 22.7 Å². The monoisotopic (exact) mass is 364 g/mol. The van der Waals surface area contributed by atoms with Gasteiger partial charge in [-0.05, 0) is 50.0 Å². The summed E-state index contributed by atoms with van der Waals surface area (Å²) in [6.45, 7) is 1.77. The highest BCUT2D eigenvalue weighted by atomic mass is 79.9. The summed E-state index contributed by atoms with van der Waals surface area (Å²) < 4.78 is 38.3. The van der Waals surface area contributed by atoms with Crippen LogP contribution in [0.25, 0.3) is 0 Å². The molecule has 1 heterocycles. The van der Waals surface area contributed by atoms with Gasteiger partial charge in [0.05, 0.1) is 5.56 Å². The molecule has 0 bridgehead atoms. The fourth-order valence-corrected chi connectivity index (χ4v) is 2.85. The molecule has 21 heavy (non-hydrogen) atoms. The Morgan fingerprint density at radius 2 is 2.00 bits per heavy atom. The number of halogens is 4. The van der Waals surface area contributed by atoms with Gasteiger partial charge in [0.2, 0.25) is 5.91 Å². The van der Waals surface area contributed by atoms with Gasteiger partial charge in [0.1, 0.15) is 0 Å². The predicted molar refractivity (Wildman–Crippen MR) is 78.0 cm³/mol. The Labute approximate surface area is 129 Å². The van der Waals surface area contributed by atoms with E-state index in [0.717, 1.165) is 32.0 Å². The van der Waals surface area contributed by atoms with Crippen LogP contribution in [0.3, 0.4) is 0 Å². The van der Waals surface area contributed by atoms with Crippen LogP contribution in [0.4, 0.5) is 18.9 Å². The summed E-state index contributed by atoms with van der Waals surface area (Å²) in [6.07, 6.45) is -2.27. The summed E-state index contributed by atoms with van der Waals surface area (Å²) in [5.41, 5.74) is -0.619. The first-order valence-electron chi connectivity index (χ1n) is 6.73. The van der Waals surface area contributed by atoms with Gasteiger partial charge < -0.3 is 10.6 Å². The lowest BCUT2D eigenvalue weighted by molar-refractivity contribution is -0.138. The van der Waals surface area contributed by atoms with Crippen LogP contribution in [-0.4, -0.2) is 19.0 Å². The minimum absolute atomic E-state index is 0.0358. The van der Waals surface area contributed by atoms with Crippen molar-refractivity contribution >= 4 is 27.5 Å². The van der Waals surface area contributed by atoms with E-state index in [2.05, 4.69) is 26.6 Å². The summed E-state index contributed by atoms with van der Waals surface area (Å²) in [5.74, 6) is 0.0566. The largest absolute Gasteiger partial charge is 0.417 e. The molecule has 0 radical (unpaired) electrons. The maximum absolute atomic E-state index is 12.8. The van der Waals surface area contributed by atoms with E-state index in [9.17, 15) is 18.0 Å². The van der Waals surface area contributed by atoms with Crippen LogP contribution in [0, 0.1) is 5.92 Å². The van der Waals surface area contributed by atoms with Gasteiger partial charge in [0.15, 0.2) is 0 Å². The molecule has 3 nitrogen and oxygen atoms in total. The number of nitrogens with one attached hydrogen (secondary N) is 2. The Morgan fingerprint density at radius 1 is 1.33 bits per heavy atom. The number of hydrogen-bond donors (Lipinski definition) is 2. The SMILES string of the molecule is O=C(CC1CCNCC1)Nc1ccc(Br)c(C(F)(F)F)c1. The molecule has 2 N–H and O–H groups in total. The molecule has 0 saturated carbocycles. The van der Waals surface area contributed by atoms with E-state index in [4.69, 9.17) is 0 Å². The molecule has 7 heteroatoms. The van der Waals surface area contributed by atoms with E-state index in [-0.39, 0.29) is 16.1 Å². The van der Waals surface area contributed by atoms with Gasteiger partial charge in [-0.2, -0.15) is 13.2 Å². The third-order valence-electron chi connectivity index (χ3n) is 3.49. The van der Waals surface area contributed by atoms with E-state index in [1.165, 1.54) is 12.1 Å². The third-order valence-corrected chi connectivity index (χ3v) is 4.18. The third kappa shape index (κ3) is 4.71. The minimum atomic E-state index is -4.45. The molecule has 0 unspecified atom stereocenters. The van der Waals surface area contributed by atoms with Crippen molar-refractivity contribution in [2.24, 2.45) is 5.92 Å². The first-order valence-corrected chi connectivity index (χ1v) is 7.53. The minimum Gasteiger partial charge on any atom is -0.326 e. The van der Waals surface area contributed by atoms with Crippen molar-refractivity contribution in [1.82, 2.24) is 5.32 Å². The van der Waals surface area contributed by atoms with Crippen molar-refractivity contribution in [3.8, 4) is 0 Å². The van der Waals surface area contributed by atoms with Crippen LogP contribution < -0.4 is 10.6 Å². The zero-order chi connectivity index (χ0) is 15.5. The van der Waals surface area contributed by atoms with Crippen LogP contribution in [-0.2, 0) is 11.0 Å². The second kappa shape index (κ2) is 6.79. The van der Waals surface area contributed by atoms with Crippen LogP contribution in [0.2, 0.25) is 0 Å². The number of benzene rings is 1. The maximum atomic E-state index is 12.8. The fraction of sp³-hybridized carbons (Fsp3) is 0.500. The number of carbonyl (C=O) groups is 1. The number of hydrogen-bond acceptors (Lipinski definition) is 2. The summed E-state index contributed by atoms with van der Waals surface area (Å²) in [6, 6.07) is 3.70. The van der Waals surface area contributed by atoms with E-state index in [1.54, 1.807) is 0 Å². The molecule has 0 aromatic heterocycles. The first-order chi connectivity index (χ1) is 9.86. The van der Waals surface area contributed by atoms with Crippen LogP contribution in [0.1, 0.15) is 24.8 Å². The number of amides is 1. The maximum Gasteiger partial charge on any atom is 0.417 e. The van der Waals surface area contributed by atoms with Gasteiger partial charge in [0.25, 0.3) is 0 Å². The zero-order valence-corrected chi connectivity index (χ0v) is 12.9. The summed E-state index contributed by atoms with van der Waals surface area (Å²) in [7, 11) is 0. The van der Waals surface area contributed by atoms with E-state index >= 15 is 0 Å². The smallest absolute Gasteiger partial charge is 0.326 e. The summed E-state index contributed by atoms with van der Waals surface area (Å²) >= 11 is 2.87. The highest BCUT2D eigenvalue weighted by molar-refractivity contribution is 9.10. The fourth-order valence-electron chi connectivity index (χ4n) is 2.38. The Balaban J connectivity index is 2.00. The molecule has 1 aromatic carbocycles. The molecule has 1 aromatic rings. The Kier molecular flexibility index (Phi) is 5.27. The van der Waals surface area contributed by atoms with Crippen LogP contribution in [0.5, 0.6) is 0 Å². The van der Waals surface area contributed by atoms with E-state index in [0.29, 0.717) is 12.3 Å². The van der Waals surface area contributed by atoms with E-state index in [1.807, 2.05) is 0 Å². The van der Waals surface area contributed by atoms with Gasteiger partial charge in [-0.3, -0.25) is 4.79 Å². The number of alkyl halides is 3. The van der Waals surface area contributed by atoms with Crippen molar-refractivity contribution < 1.29 is 18.0 Å². The van der Waals surface area contributed by atoms with Gasteiger partial charge in [-0.1, -0.05) is 15.9 Å². The predicted octanol–water partition coefficient (Wildman–Crippen LogP) is 3.80. The van der Waals surface area contributed by atoms with Gasteiger partial charge in [0, 0.05) is 16.6 Å². The summed E-state index contributed by atoms with van der Waals surface area (Å²) in [5, 5.41) is 5.75. The molecule has 1 saturated heterocycles. The molecule has 0 atom stereocenters. The molecule has 0 aliphatic carbocycles. The van der Waals surface area contributed by atoms with Gasteiger partial charge >= 0.3 is 6.18 Å². The van der Waals surface area contributed by atoms with Crippen molar-refractivity contribution in [3.63, 3.8) is 0 Å². The second-order valence-corrected chi connectivity index (χ2v) is 5.99. The Bertz CT molecular complexity index is 513. The second-order valence-electron chi connectivity index (χ2n) is 5.14. The lowest BCUT2D eigenvalue weighted by atomic mass is 9.94. The standard InChI is InChI=1S/C14H16BrF3N2O/c15-12-2-1-10(8-11(12)14(16,17)18)20-13(21)7-9-3-5-19-6-4-9/h1-2,8-9,19H,3-7H2,(H,20,21). The lowest BCUT2D eigenvalue weighted by Gasteiger charge is -2.22. The number of carbonyl (C=O) groups excluding carboxylic acids is 1. The molecule has 1 aliphatic rings. The van der Waals surface area contributed by atoms with Crippen molar-refractivity contribution in [1.29, 1.82) is 0 Å². The van der Waals surface area contributed by atoms with E-state index < -0.39 is 11.7 Å². The number of anilines is 1. The van der Waals surface area contributed by atoms with Gasteiger partial charge in [-0.25, -0.2) is 0 Å². The number of rotatable bonds is 3. The molecular weight excluding hydrogens is 349 g/mol. The highest BCUT2D eigenvalue weighted by Gasteiger charge is 2.33. The average molecular weight is 365 g/mol. The van der Waals surface area contributed by atoms with Gasteiger partial charge in [-0.15, -0.1) is 0 Å². The van der Waals surface area contributed by atoms with Crippen molar-refractivity contribution in [2.75, 3.05) is 18.4 Å². The summed E-state index contributed by atoms with van der Waals surface area (Å²) in [4.78, 5) is 11.9. The van der Waals surface area contributed by atoms with Crippen molar-refractivity contribution in [2.45, 2.75) is 25.4 Å². The topological polar surface area (TPSA) is 41.1 Å². The van der Waals surface area contributed by atoms with Crippen LogP contribution >= 0.6 is 15.9 Å². The highest BCUT2D eigenvalue weighted by Crippen LogP contribution is 2.36. The number of piperidine rings is 1. The molecule has 0 spiro atoms. The Morgan fingerprint density at radius 3 is 2.62 bits per heavy atom. The average Bonchev–Trinajstić information content (AvgIpc) is 2.41. The molecule has 1 aliphatic heterocycles. The molecule has 1 fully saturated rings. The molecule has 2 rings (SSSR count). The Hall–Kier alpha value is -1.08. The quantitative estimate of drug-likeness (QED) is 0.856.